The van der Waals surface area contributed by atoms with Crippen LogP contribution in [0.4, 0.5) is 0 Å². The highest BCUT2D eigenvalue weighted by Gasteiger charge is 2.16. The maximum absolute atomic E-state index is 11.6. The van der Waals surface area contributed by atoms with Crippen LogP contribution in [0.15, 0.2) is 97.1 Å². The summed E-state index contributed by atoms with van der Waals surface area (Å²) in [5.41, 5.74) is 6.04. The lowest BCUT2D eigenvalue weighted by Crippen LogP contribution is -2.08. The van der Waals surface area contributed by atoms with Crippen LogP contribution < -0.4 is 9.47 Å². The first-order valence-corrected chi connectivity index (χ1v) is 10.3. The van der Waals surface area contributed by atoms with Crippen molar-refractivity contribution < 1.29 is 19.1 Å². The number of ether oxygens (including phenoxy) is 2. The molecule has 32 heavy (non-hydrogen) atoms. The van der Waals surface area contributed by atoms with Gasteiger partial charge in [0.15, 0.2) is 11.5 Å². The molecule has 0 amide bonds. The Morgan fingerprint density at radius 1 is 0.500 bits per heavy atom. The average Bonchev–Trinajstić information content (AvgIpc) is 2.80. The van der Waals surface area contributed by atoms with E-state index in [0.717, 1.165) is 16.7 Å². The van der Waals surface area contributed by atoms with Gasteiger partial charge in [0.2, 0.25) is 0 Å². The van der Waals surface area contributed by atoms with Crippen molar-refractivity contribution >= 4 is 11.9 Å². The second-order valence-electron chi connectivity index (χ2n) is 7.34. The zero-order chi connectivity index (χ0) is 22.5. The minimum absolute atomic E-state index is 0.214. The third-order valence-electron chi connectivity index (χ3n) is 5.00. The van der Waals surface area contributed by atoms with Gasteiger partial charge in [-0.1, -0.05) is 91.0 Å². The number of hydrogen-bond acceptors (Lipinski definition) is 4. The molecular weight excluding hydrogens is 400 g/mol. The van der Waals surface area contributed by atoms with E-state index in [1.807, 2.05) is 48.5 Å². The summed E-state index contributed by atoms with van der Waals surface area (Å²) in [5, 5.41) is 0. The van der Waals surface area contributed by atoms with Crippen LogP contribution in [-0.4, -0.2) is 11.9 Å². The molecule has 0 unspecified atom stereocenters. The summed E-state index contributed by atoms with van der Waals surface area (Å²) < 4.78 is 10.6. The molecule has 0 heterocycles. The molecule has 0 radical (unpaired) electrons. The molecule has 4 rings (SSSR count). The van der Waals surface area contributed by atoms with Crippen molar-refractivity contribution in [3.05, 3.63) is 97.1 Å². The minimum Gasteiger partial charge on any atom is -0.423 e. The molecular formula is C28H22O4. The van der Waals surface area contributed by atoms with Gasteiger partial charge in [-0.15, -0.1) is 0 Å². The Kier molecular flexibility index (Phi) is 6.13. The monoisotopic (exact) mass is 422 g/mol. The summed E-state index contributed by atoms with van der Waals surface area (Å²) in [7, 11) is 0. The zero-order valence-electron chi connectivity index (χ0n) is 17.9. The third-order valence-corrected chi connectivity index (χ3v) is 5.00. The van der Waals surface area contributed by atoms with E-state index in [0.29, 0.717) is 5.56 Å². The van der Waals surface area contributed by atoms with E-state index in [-0.39, 0.29) is 11.5 Å². The summed E-state index contributed by atoms with van der Waals surface area (Å²) >= 11 is 0. The Morgan fingerprint density at radius 3 is 1.47 bits per heavy atom. The first kappa shape index (κ1) is 21.1. The second kappa shape index (κ2) is 9.31. The van der Waals surface area contributed by atoms with Crippen molar-refractivity contribution in [2.75, 3.05) is 0 Å². The largest absolute Gasteiger partial charge is 0.423 e. The Labute approximate surface area is 187 Å². The third kappa shape index (κ3) is 4.76. The topological polar surface area (TPSA) is 52.6 Å². The van der Waals surface area contributed by atoms with E-state index >= 15 is 0 Å². The summed E-state index contributed by atoms with van der Waals surface area (Å²) in [6, 6.07) is 31.8. The van der Waals surface area contributed by atoms with Gasteiger partial charge in [0.05, 0.1) is 0 Å². The van der Waals surface area contributed by atoms with Gasteiger partial charge in [-0.25, -0.2) is 0 Å². The number of hydrogen-bond donors (Lipinski definition) is 0. The van der Waals surface area contributed by atoms with Gasteiger partial charge in [-0.3, -0.25) is 9.59 Å². The lowest BCUT2D eigenvalue weighted by atomic mass is 9.97. The first-order chi connectivity index (χ1) is 15.5. The highest BCUT2D eigenvalue weighted by atomic mass is 16.6. The predicted octanol–water partition coefficient (Wildman–Crippen LogP) is 6.54. The molecule has 4 aromatic carbocycles. The van der Waals surface area contributed by atoms with Crippen LogP contribution in [0.1, 0.15) is 13.8 Å². The molecule has 0 aliphatic heterocycles. The molecule has 0 atom stereocenters. The molecule has 4 aromatic rings. The Balaban J connectivity index is 1.64. The number of para-hydroxylation sites is 1. The fraction of sp³-hybridized carbons (Fsp3) is 0.0714. The quantitative estimate of drug-likeness (QED) is 0.271. The fourth-order valence-corrected chi connectivity index (χ4v) is 3.56. The summed E-state index contributed by atoms with van der Waals surface area (Å²) in [6.45, 7) is 2.62. The van der Waals surface area contributed by atoms with Crippen LogP contribution in [0.3, 0.4) is 0 Å². The van der Waals surface area contributed by atoms with Crippen LogP contribution in [-0.2, 0) is 9.59 Å². The van der Waals surface area contributed by atoms with Crippen molar-refractivity contribution in [1.29, 1.82) is 0 Å². The molecule has 0 aromatic heterocycles. The summed E-state index contributed by atoms with van der Waals surface area (Å²) in [6.07, 6.45) is 0. The van der Waals surface area contributed by atoms with E-state index in [1.165, 1.54) is 25.0 Å². The van der Waals surface area contributed by atoms with Gasteiger partial charge in [-0.2, -0.15) is 0 Å². The van der Waals surface area contributed by atoms with Gasteiger partial charge in [-0.05, 0) is 33.9 Å². The number of esters is 2. The standard InChI is InChI=1S/C28H22O4/c1-19(29)31-27-10-6-9-26(28(27)32-20(2)30)25-17-15-24(16-18-25)23-13-11-22(12-14-23)21-7-4-3-5-8-21/h3-18H,1-2H3. The Bertz CT molecular complexity index is 1240. The van der Waals surface area contributed by atoms with Crippen LogP contribution in [0.5, 0.6) is 11.5 Å². The van der Waals surface area contributed by atoms with Crippen molar-refractivity contribution in [2.24, 2.45) is 0 Å². The number of benzene rings is 4. The molecule has 0 saturated heterocycles. The average molecular weight is 422 g/mol. The maximum Gasteiger partial charge on any atom is 0.308 e. The minimum atomic E-state index is -0.485. The molecule has 158 valence electrons. The second-order valence-corrected chi connectivity index (χ2v) is 7.34. The smallest absolute Gasteiger partial charge is 0.308 e. The first-order valence-electron chi connectivity index (χ1n) is 10.3. The zero-order valence-corrected chi connectivity index (χ0v) is 17.9. The maximum atomic E-state index is 11.6. The summed E-state index contributed by atoms with van der Waals surface area (Å²) in [4.78, 5) is 23.1. The van der Waals surface area contributed by atoms with Crippen molar-refractivity contribution in [1.82, 2.24) is 0 Å². The van der Waals surface area contributed by atoms with E-state index < -0.39 is 11.9 Å². The number of carbonyl (C=O) groups excluding carboxylic acids is 2. The fourth-order valence-electron chi connectivity index (χ4n) is 3.56. The van der Waals surface area contributed by atoms with E-state index in [4.69, 9.17) is 9.47 Å². The van der Waals surface area contributed by atoms with E-state index in [2.05, 4.69) is 36.4 Å². The molecule has 0 saturated carbocycles. The molecule has 4 nitrogen and oxygen atoms in total. The molecule has 4 heteroatoms. The van der Waals surface area contributed by atoms with Gasteiger partial charge in [0.1, 0.15) is 0 Å². The number of rotatable bonds is 5. The molecule has 0 aliphatic rings. The molecule has 0 bridgehead atoms. The van der Waals surface area contributed by atoms with Gasteiger partial charge < -0.3 is 9.47 Å². The van der Waals surface area contributed by atoms with Crippen molar-refractivity contribution in [3.63, 3.8) is 0 Å². The predicted molar refractivity (Wildman–Crippen MR) is 125 cm³/mol. The van der Waals surface area contributed by atoms with Gasteiger partial charge in [0, 0.05) is 19.4 Å². The lowest BCUT2D eigenvalue weighted by Gasteiger charge is -2.14. The molecule has 0 aliphatic carbocycles. The van der Waals surface area contributed by atoms with Crippen LogP contribution in [0, 0.1) is 0 Å². The normalized spacial score (nSPS) is 10.4. The van der Waals surface area contributed by atoms with Crippen LogP contribution in [0.25, 0.3) is 33.4 Å². The van der Waals surface area contributed by atoms with Crippen molar-refractivity contribution in [2.45, 2.75) is 13.8 Å². The molecule has 0 N–H and O–H groups in total. The van der Waals surface area contributed by atoms with Crippen LogP contribution in [0.2, 0.25) is 0 Å². The summed E-state index contributed by atoms with van der Waals surface area (Å²) in [5.74, 6) is -0.522. The highest BCUT2D eigenvalue weighted by molar-refractivity contribution is 5.82. The SMILES string of the molecule is CC(=O)Oc1cccc(-c2ccc(-c3ccc(-c4ccccc4)cc3)cc2)c1OC(C)=O. The van der Waals surface area contributed by atoms with Crippen LogP contribution >= 0.6 is 0 Å². The molecule has 0 spiro atoms. The Hall–Kier alpha value is -4.18. The van der Waals surface area contributed by atoms with Crippen molar-refractivity contribution in [3.8, 4) is 44.9 Å². The lowest BCUT2D eigenvalue weighted by molar-refractivity contribution is -0.134. The number of carbonyl (C=O) groups is 2. The van der Waals surface area contributed by atoms with Gasteiger partial charge in [0.25, 0.3) is 0 Å². The molecule has 0 fully saturated rings. The Morgan fingerprint density at radius 2 is 0.969 bits per heavy atom. The highest BCUT2D eigenvalue weighted by Crippen LogP contribution is 2.39. The van der Waals surface area contributed by atoms with Gasteiger partial charge >= 0.3 is 11.9 Å². The van der Waals surface area contributed by atoms with E-state index in [9.17, 15) is 9.59 Å². The van der Waals surface area contributed by atoms with E-state index in [1.54, 1.807) is 12.1 Å².